The molecule has 0 heterocycles. The van der Waals surface area contributed by atoms with Crippen LogP contribution in [-0.2, 0) is 0 Å². The van der Waals surface area contributed by atoms with Crippen LogP contribution in [0.15, 0.2) is 4.90 Å². The molecule has 0 unspecified atom stereocenters. The standard InChI is InChI=1S/C7H4Cl4S/c1-2-3(8)5(10)7(12)6(11)4(2)9/h12H,1H3. The Balaban J connectivity index is 3.60. The molecule has 0 aliphatic heterocycles. The van der Waals surface area contributed by atoms with Gasteiger partial charge in [-0.05, 0) is 12.5 Å². The Morgan fingerprint density at radius 2 is 1.17 bits per heavy atom. The van der Waals surface area contributed by atoms with Gasteiger partial charge in [0.1, 0.15) is 0 Å². The molecule has 0 N–H and O–H groups in total. The third-order valence-corrected chi connectivity index (χ3v) is 4.06. The van der Waals surface area contributed by atoms with Crippen molar-refractivity contribution in [2.45, 2.75) is 11.8 Å². The van der Waals surface area contributed by atoms with E-state index in [-0.39, 0.29) is 0 Å². The van der Waals surface area contributed by atoms with E-state index in [2.05, 4.69) is 12.6 Å². The molecule has 0 nitrogen and oxygen atoms in total. The molecule has 0 saturated heterocycles. The molecule has 0 aliphatic carbocycles. The number of rotatable bonds is 0. The van der Waals surface area contributed by atoms with Crippen LogP contribution >= 0.6 is 59.0 Å². The minimum atomic E-state index is 0.340. The van der Waals surface area contributed by atoms with Gasteiger partial charge in [-0.3, -0.25) is 0 Å². The van der Waals surface area contributed by atoms with Gasteiger partial charge in [0, 0.05) is 4.90 Å². The summed E-state index contributed by atoms with van der Waals surface area (Å²) in [4.78, 5) is 0.416. The Hall–Kier alpha value is 0.730. The van der Waals surface area contributed by atoms with Crippen molar-refractivity contribution in [2.24, 2.45) is 0 Å². The second-order valence-electron chi connectivity index (χ2n) is 2.23. The molecule has 1 aromatic rings. The number of halogens is 4. The topological polar surface area (TPSA) is 0 Å². The molecule has 12 heavy (non-hydrogen) atoms. The molecular weight excluding hydrogens is 258 g/mol. The zero-order valence-corrected chi connectivity index (χ0v) is 9.88. The van der Waals surface area contributed by atoms with Crippen molar-refractivity contribution in [3.05, 3.63) is 25.7 Å². The van der Waals surface area contributed by atoms with Crippen LogP contribution in [0.1, 0.15) is 5.56 Å². The van der Waals surface area contributed by atoms with Crippen molar-refractivity contribution in [1.82, 2.24) is 0 Å². The molecular formula is C7H4Cl4S. The summed E-state index contributed by atoms with van der Waals surface area (Å²) < 4.78 is 0. The summed E-state index contributed by atoms with van der Waals surface area (Å²) in [5, 5.41) is 1.48. The molecule has 1 aromatic carbocycles. The molecule has 0 fully saturated rings. The van der Waals surface area contributed by atoms with Gasteiger partial charge in [-0.15, -0.1) is 12.6 Å². The van der Waals surface area contributed by atoms with Crippen LogP contribution in [0.4, 0.5) is 0 Å². The molecule has 0 saturated carbocycles. The summed E-state index contributed by atoms with van der Waals surface area (Å²) in [6.07, 6.45) is 0. The molecule has 0 aromatic heterocycles. The SMILES string of the molecule is Cc1c(Cl)c(Cl)c(S)c(Cl)c1Cl. The van der Waals surface area contributed by atoms with Crippen LogP contribution in [0, 0.1) is 6.92 Å². The normalized spacial score (nSPS) is 10.5. The lowest BCUT2D eigenvalue weighted by Gasteiger charge is -2.08. The van der Waals surface area contributed by atoms with Crippen molar-refractivity contribution in [3.8, 4) is 0 Å². The zero-order chi connectivity index (χ0) is 9.46. The van der Waals surface area contributed by atoms with E-state index >= 15 is 0 Å². The third kappa shape index (κ3) is 1.66. The van der Waals surface area contributed by atoms with Crippen LogP contribution in [-0.4, -0.2) is 0 Å². The van der Waals surface area contributed by atoms with E-state index in [9.17, 15) is 0 Å². The monoisotopic (exact) mass is 260 g/mol. The Labute approximate surface area is 96.2 Å². The van der Waals surface area contributed by atoms with Gasteiger partial charge in [0.05, 0.1) is 20.1 Å². The van der Waals surface area contributed by atoms with Gasteiger partial charge in [-0.2, -0.15) is 0 Å². The molecule has 0 radical (unpaired) electrons. The van der Waals surface area contributed by atoms with Crippen LogP contribution in [0.5, 0.6) is 0 Å². The average Bonchev–Trinajstić information content (AvgIpc) is 2.08. The van der Waals surface area contributed by atoms with E-state index in [1.807, 2.05) is 0 Å². The first-order valence-corrected chi connectivity index (χ1v) is 4.94. The predicted octanol–water partition coefficient (Wildman–Crippen LogP) is 4.90. The average molecular weight is 262 g/mol. The van der Waals surface area contributed by atoms with Gasteiger partial charge in [-0.1, -0.05) is 46.4 Å². The highest BCUT2D eigenvalue weighted by molar-refractivity contribution is 7.80. The molecule has 1 rings (SSSR count). The first-order valence-electron chi connectivity index (χ1n) is 2.98. The largest absolute Gasteiger partial charge is 0.140 e. The minimum absolute atomic E-state index is 0.340. The number of hydrogen-bond donors (Lipinski definition) is 1. The van der Waals surface area contributed by atoms with Crippen LogP contribution in [0.3, 0.4) is 0 Å². The lowest BCUT2D eigenvalue weighted by molar-refractivity contribution is 1.38. The van der Waals surface area contributed by atoms with E-state index in [1.54, 1.807) is 6.92 Å². The maximum absolute atomic E-state index is 5.84. The summed E-state index contributed by atoms with van der Waals surface area (Å²) in [7, 11) is 0. The molecule has 5 heteroatoms. The summed E-state index contributed by atoms with van der Waals surface area (Å²) in [6.45, 7) is 1.75. The first-order chi connectivity index (χ1) is 5.46. The van der Waals surface area contributed by atoms with Crippen molar-refractivity contribution < 1.29 is 0 Å². The summed E-state index contributed by atoms with van der Waals surface area (Å²) in [6, 6.07) is 0. The van der Waals surface area contributed by atoms with Gasteiger partial charge in [0.15, 0.2) is 0 Å². The molecule has 0 amide bonds. The third-order valence-electron chi connectivity index (χ3n) is 1.46. The van der Waals surface area contributed by atoms with Crippen molar-refractivity contribution >= 4 is 59.0 Å². The highest BCUT2D eigenvalue weighted by Gasteiger charge is 2.14. The number of thiol groups is 1. The van der Waals surface area contributed by atoms with Crippen molar-refractivity contribution in [1.29, 1.82) is 0 Å². The second-order valence-corrected chi connectivity index (χ2v) is 4.19. The van der Waals surface area contributed by atoms with E-state index in [0.717, 1.165) is 0 Å². The number of benzene rings is 1. The smallest absolute Gasteiger partial charge is 0.0744 e. The van der Waals surface area contributed by atoms with Crippen LogP contribution < -0.4 is 0 Å². The molecule has 0 bridgehead atoms. The Morgan fingerprint density at radius 3 is 1.50 bits per heavy atom. The first kappa shape index (κ1) is 10.8. The minimum Gasteiger partial charge on any atom is -0.140 e. The maximum atomic E-state index is 5.84. The van der Waals surface area contributed by atoms with E-state index < -0.39 is 0 Å². The fourth-order valence-corrected chi connectivity index (χ4v) is 2.03. The van der Waals surface area contributed by atoms with E-state index in [1.165, 1.54) is 0 Å². The van der Waals surface area contributed by atoms with E-state index in [4.69, 9.17) is 46.4 Å². The zero-order valence-electron chi connectivity index (χ0n) is 5.96. The van der Waals surface area contributed by atoms with Crippen LogP contribution in [0.25, 0.3) is 0 Å². The quantitative estimate of drug-likeness (QED) is 0.499. The fraction of sp³-hybridized carbons (Fsp3) is 0.143. The number of hydrogen-bond acceptors (Lipinski definition) is 1. The molecule has 0 spiro atoms. The fourth-order valence-electron chi connectivity index (χ4n) is 0.730. The van der Waals surface area contributed by atoms with Gasteiger partial charge < -0.3 is 0 Å². The Morgan fingerprint density at radius 1 is 0.833 bits per heavy atom. The van der Waals surface area contributed by atoms with Gasteiger partial charge >= 0.3 is 0 Å². The Bertz CT molecular complexity index is 230. The molecule has 0 aliphatic rings. The highest BCUT2D eigenvalue weighted by Crippen LogP contribution is 2.42. The summed E-state index contributed by atoms with van der Waals surface area (Å²) in [5.41, 5.74) is 0.672. The van der Waals surface area contributed by atoms with Gasteiger partial charge in [-0.25, -0.2) is 0 Å². The van der Waals surface area contributed by atoms with Crippen molar-refractivity contribution in [2.75, 3.05) is 0 Å². The highest BCUT2D eigenvalue weighted by atomic mass is 35.5. The summed E-state index contributed by atoms with van der Waals surface area (Å²) in [5.74, 6) is 0. The van der Waals surface area contributed by atoms with Gasteiger partial charge in [0.25, 0.3) is 0 Å². The summed E-state index contributed by atoms with van der Waals surface area (Å²) >= 11 is 27.4. The maximum Gasteiger partial charge on any atom is 0.0744 e. The molecule has 0 atom stereocenters. The molecule has 66 valence electrons. The van der Waals surface area contributed by atoms with E-state index in [0.29, 0.717) is 30.5 Å². The Kier molecular flexibility index (Phi) is 3.47. The van der Waals surface area contributed by atoms with Gasteiger partial charge in [0.2, 0.25) is 0 Å². The van der Waals surface area contributed by atoms with Crippen molar-refractivity contribution in [3.63, 3.8) is 0 Å². The van der Waals surface area contributed by atoms with Crippen LogP contribution in [0.2, 0.25) is 20.1 Å². The lowest BCUT2D eigenvalue weighted by atomic mass is 10.2. The lowest BCUT2D eigenvalue weighted by Crippen LogP contribution is -1.84. The predicted molar refractivity (Wildman–Crippen MR) is 58.5 cm³/mol. The second kappa shape index (κ2) is 3.85.